The number of guanidine groups is 1. The van der Waals surface area contributed by atoms with Gasteiger partial charge in [-0.1, -0.05) is 11.6 Å². The number of nitrogens with two attached hydrogens (primary N) is 2. The SMILES string of the molecule is Cc1ccc2c(c1)C=C(C(=O)N=C(N)N)CCO2. The van der Waals surface area contributed by atoms with Crippen LogP contribution in [-0.4, -0.2) is 18.5 Å². The van der Waals surface area contributed by atoms with Gasteiger partial charge in [0.05, 0.1) is 6.61 Å². The van der Waals surface area contributed by atoms with E-state index in [2.05, 4.69) is 4.99 Å². The molecule has 1 aromatic carbocycles. The molecular weight excluding hydrogens is 230 g/mol. The molecule has 2 rings (SSSR count). The maximum Gasteiger partial charge on any atom is 0.276 e. The number of hydrogen-bond donors (Lipinski definition) is 2. The Morgan fingerprint density at radius 3 is 2.89 bits per heavy atom. The van der Waals surface area contributed by atoms with Crippen molar-refractivity contribution in [2.45, 2.75) is 13.3 Å². The van der Waals surface area contributed by atoms with Crippen molar-refractivity contribution >= 4 is 17.9 Å². The van der Waals surface area contributed by atoms with Crippen LogP contribution < -0.4 is 16.2 Å². The van der Waals surface area contributed by atoms with Crippen LogP contribution in [0.2, 0.25) is 0 Å². The molecule has 0 fully saturated rings. The molecule has 0 unspecified atom stereocenters. The van der Waals surface area contributed by atoms with Crippen LogP contribution in [0, 0.1) is 6.92 Å². The predicted molar refractivity (Wildman–Crippen MR) is 70.1 cm³/mol. The molecule has 18 heavy (non-hydrogen) atoms. The Hall–Kier alpha value is -2.30. The highest BCUT2D eigenvalue weighted by Gasteiger charge is 2.15. The third-order valence-corrected chi connectivity index (χ3v) is 2.63. The monoisotopic (exact) mass is 245 g/mol. The third kappa shape index (κ3) is 2.68. The quantitative estimate of drug-likeness (QED) is 0.569. The number of aliphatic imine (C=N–C) groups is 1. The van der Waals surface area contributed by atoms with Gasteiger partial charge in [0, 0.05) is 17.6 Å². The van der Waals surface area contributed by atoms with Crippen LogP contribution in [0.4, 0.5) is 0 Å². The highest BCUT2D eigenvalue weighted by molar-refractivity contribution is 6.04. The Morgan fingerprint density at radius 1 is 1.39 bits per heavy atom. The second-order valence-corrected chi connectivity index (χ2v) is 4.15. The van der Waals surface area contributed by atoms with Gasteiger partial charge in [0.25, 0.3) is 5.91 Å². The van der Waals surface area contributed by atoms with Crippen molar-refractivity contribution in [2.24, 2.45) is 16.5 Å². The zero-order valence-electron chi connectivity index (χ0n) is 10.1. The minimum atomic E-state index is -0.409. The molecule has 1 amide bonds. The number of benzene rings is 1. The van der Waals surface area contributed by atoms with Crippen molar-refractivity contribution in [3.8, 4) is 5.75 Å². The van der Waals surface area contributed by atoms with E-state index < -0.39 is 5.91 Å². The van der Waals surface area contributed by atoms with E-state index in [0.717, 1.165) is 16.9 Å². The second-order valence-electron chi connectivity index (χ2n) is 4.15. The van der Waals surface area contributed by atoms with E-state index in [1.807, 2.05) is 25.1 Å². The van der Waals surface area contributed by atoms with Crippen LogP contribution in [0.25, 0.3) is 6.08 Å². The summed E-state index contributed by atoms with van der Waals surface area (Å²) in [6.07, 6.45) is 2.27. The number of hydrogen-bond acceptors (Lipinski definition) is 2. The Kier molecular flexibility index (Phi) is 3.32. The normalized spacial score (nSPS) is 13.7. The lowest BCUT2D eigenvalue weighted by Gasteiger charge is -2.05. The van der Waals surface area contributed by atoms with Crippen molar-refractivity contribution < 1.29 is 9.53 Å². The lowest BCUT2D eigenvalue weighted by Crippen LogP contribution is -2.24. The van der Waals surface area contributed by atoms with Crippen LogP contribution in [0.15, 0.2) is 28.8 Å². The molecule has 0 radical (unpaired) electrons. The summed E-state index contributed by atoms with van der Waals surface area (Å²) in [6, 6.07) is 5.83. The summed E-state index contributed by atoms with van der Waals surface area (Å²) < 4.78 is 5.57. The van der Waals surface area contributed by atoms with Crippen LogP contribution in [0.1, 0.15) is 17.5 Å². The standard InChI is InChI=1S/C13H15N3O2/c1-8-2-3-11-10(6-8)7-9(4-5-18-11)12(17)16-13(14)15/h2-3,6-7H,4-5H2,1H3,(H4,14,15,16,17). The molecule has 1 aliphatic heterocycles. The van der Waals surface area contributed by atoms with E-state index in [0.29, 0.717) is 18.6 Å². The largest absolute Gasteiger partial charge is 0.493 e. The Bertz CT molecular complexity index is 543. The van der Waals surface area contributed by atoms with Crippen molar-refractivity contribution in [2.75, 3.05) is 6.61 Å². The summed E-state index contributed by atoms with van der Waals surface area (Å²) in [6.45, 7) is 2.42. The van der Waals surface area contributed by atoms with Gasteiger partial charge in [-0.05, 0) is 25.1 Å². The molecule has 0 atom stereocenters. The summed E-state index contributed by atoms with van der Waals surface area (Å²) in [7, 11) is 0. The summed E-state index contributed by atoms with van der Waals surface area (Å²) >= 11 is 0. The van der Waals surface area contributed by atoms with Crippen LogP contribution in [0.5, 0.6) is 5.75 Å². The Balaban J connectivity index is 2.39. The molecule has 1 aliphatic rings. The van der Waals surface area contributed by atoms with Crippen molar-refractivity contribution in [1.82, 2.24) is 0 Å². The van der Waals surface area contributed by atoms with E-state index in [4.69, 9.17) is 16.2 Å². The van der Waals surface area contributed by atoms with Gasteiger partial charge < -0.3 is 16.2 Å². The third-order valence-electron chi connectivity index (χ3n) is 2.63. The first-order valence-corrected chi connectivity index (χ1v) is 5.64. The molecule has 5 nitrogen and oxygen atoms in total. The van der Waals surface area contributed by atoms with Crippen LogP contribution >= 0.6 is 0 Å². The Morgan fingerprint density at radius 2 is 2.17 bits per heavy atom. The number of nitrogens with zero attached hydrogens (tertiary/aromatic N) is 1. The number of aryl methyl sites for hydroxylation is 1. The molecule has 0 aliphatic carbocycles. The highest BCUT2D eigenvalue weighted by atomic mass is 16.5. The zero-order valence-corrected chi connectivity index (χ0v) is 10.1. The van der Waals surface area contributed by atoms with E-state index in [1.165, 1.54) is 0 Å². The van der Waals surface area contributed by atoms with Crippen molar-refractivity contribution in [3.63, 3.8) is 0 Å². The van der Waals surface area contributed by atoms with Gasteiger partial charge >= 0.3 is 0 Å². The lowest BCUT2D eigenvalue weighted by atomic mass is 10.1. The van der Waals surface area contributed by atoms with E-state index in [1.54, 1.807) is 6.08 Å². The summed E-state index contributed by atoms with van der Waals surface area (Å²) in [5.74, 6) is 0.136. The average molecular weight is 245 g/mol. The maximum atomic E-state index is 11.8. The van der Waals surface area contributed by atoms with E-state index in [9.17, 15) is 4.79 Å². The van der Waals surface area contributed by atoms with Crippen molar-refractivity contribution in [3.05, 3.63) is 34.9 Å². The molecule has 1 aromatic rings. The molecule has 94 valence electrons. The van der Waals surface area contributed by atoms with Gasteiger partial charge in [0.15, 0.2) is 5.96 Å². The molecule has 4 N–H and O–H groups in total. The molecule has 5 heteroatoms. The smallest absolute Gasteiger partial charge is 0.276 e. The van der Waals surface area contributed by atoms with Gasteiger partial charge in [0.2, 0.25) is 0 Å². The second kappa shape index (κ2) is 4.91. The first-order chi connectivity index (χ1) is 8.56. The van der Waals surface area contributed by atoms with Gasteiger partial charge in [-0.15, -0.1) is 0 Å². The minimum absolute atomic E-state index is 0.226. The Labute approximate surface area is 105 Å². The van der Waals surface area contributed by atoms with Gasteiger partial charge in [-0.25, -0.2) is 0 Å². The fourth-order valence-corrected chi connectivity index (χ4v) is 1.80. The molecule has 0 bridgehead atoms. The number of fused-ring (bicyclic) bond motifs is 1. The highest BCUT2D eigenvalue weighted by Crippen LogP contribution is 2.27. The van der Waals surface area contributed by atoms with E-state index >= 15 is 0 Å². The topological polar surface area (TPSA) is 90.7 Å². The van der Waals surface area contributed by atoms with E-state index in [-0.39, 0.29) is 5.96 Å². The molecule has 0 saturated heterocycles. The first kappa shape index (κ1) is 12.2. The van der Waals surface area contributed by atoms with Crippen LogP contribution in [0.3, 0.4) is 0 Å². The van der Waals surface area contributed by atoms with Gasteiger partial charge in [-0.3, -0.25) is 4.79 Å². The van der Waals surface area contributed by atoms with Crippen molar-refractivity contribution in [1.29, 1.82) is 0 Å². The number of carbonyl (C=O) groups is 1. The average Bonchev–Trinajstić information content (AvgIpc) is 2.49. The number of rotatable bonds is 1. The lowest BCUT2D eigenvalue weighted by molar-refractivity contribution is -0.114. The fourth-order valence-electron chi connectivity index (χ4n) is 1.80. The summed E-state index contributed by atoms with van der Waals surface area (Å²) in [4.78, 5) is 15.3. The zero-order chi connectivity index (χ0) is 13.1. The predicted octanol–water partition coefficient (Wildman–Crippen LogP) is 0.961. The number of amides is 1. The molecular formula is C13H15N3O2. The fraction of sp³-hybridized carbons (Fsp3) is 0.231. The molecule has 0 saturated carbocycles. The summed E-state index contributed by atoms with van der Waals surface area (Å²) in [5, 5.41) is 0. The van der Waals surface area contributed by atoms with Gasteiger partial charge in [0.1, 0.15) is 5.75 Å². The molecule has 0 aromatic heterocycles. The number of ether oxygens (including phenoxy) is 1. The van der Waals surface area contributed by atoms with Gasteiger partial charge in [-0.2, -0.15) is 4.99 Å². The minimum Gasteiger partial charge on any atom is -0.493 e. The summed E-state index contributed by atoms with van der Waals surface area (Å²) in [5.41, 5.74) is 12.9. The maximum absolute atomic E-state index is 11.8. The molecule has 1 heterocycles. The molecule has 0 spiro atoms. The van der Waals surface area contributed by atoms with Crippen LogP contribution in [-0.2, 0) is 4.79 Å². The number of carbonyl (C=O) groups excluding carboxylic acids is 1. The first-order valence-electron chi connectivity index (χ1n) is 5.64.